The molecule has 0 saturated heterocycles. The second kappa shape index (κ2) is 6.11. The molecule has 1 heterocycles. The molecule has 0 saturated carbocycles. The van der Waals surface area contributed by atoms with Crippen molar-refractivity contribution in [3.8, 4) is 0 Å². The van der Waals surface area contributed by atoms with Gasteiger partial charge in [0.15, 0.2) is 0 Å². The van der Waals surface area contributed by atoms with E-state index in [9.17, 15) is 9.59 Å². The summed E-state index contributed by atoms with van der Waals surface area (Å²) in [5.74, 6) is -1.56. The fourth-order valence-electron chi connectivity index (χ4n) is 1.61. The lowest BCUT2D eigenvalue weighted by molar-refractivity contribution is 0.0698. The molecular weight excluding hydrogens is 319 g/mol. The van der Waals surface area contributed by atoms with Crippen molar-refractivity contribution < 1.29 is 14.7 Å². The molecule has 1 amide bonds. The van der Waals surface area contributed by atoms with E-state index < -0.39 is 11.9 Å². The molecule has 2 rings (SSSR count). The number of aromatic nitrogens is 3. The number of rotatable bonds is 4. The normalized spacial score (nSPS) is 10.4. The molecule has 0 spiro atoms. The van der Waals surface area contributed by atoms with Gasteiger partial charge in [-0.1, -0.05) is 30.1 Å². The third-order valence-corrected chi connectivity index (χ3v) is 3.26. The van der Waals surface area contributed by atoms with Gasteiger partial charge in [0.25, 0.3) is 5.91 Å². The Labute approximate surface area is 129 Å². The molecule has 0 radical (unpaired) electrons. The number of amides is 1. The van der Waals surface area contributed by atoms with Gasteiger partial charge >= 0.3 is 5.97 Å². The standard InChI is InChI=1S/C12H10Cl2N4O3/c1-2-7-15-10(18-17-7)11(19)16-9-6(14)4-3-5(13)8(9)12(20)21/h3-4H,2H2,1H3,(H,16,19)(H,20,21)(H,15,17,18). The highest BCUT2D eigenvalue weighted by Gasteiger charge is 2.21. The third kappa shape index (κ3) is 3.14. The van der Waals surface area contributed by atoms with Gasteiger partial charge in [0.1, 0.15) is 11.4 Å². The number of carbonyl (C=O) groups is 2. The topological polar surface area (TPSA) is 108 Å². The monoisotopic (exact) mass is 328 g/mol. The molecule has 0 aliphatic carbocycles. The van der Waals surface area contributed by atoms with Crippen LogP contribution in [0.2, 0.25) is 10.0 Å². The van der Waals surface area contributed by atoms with Crippen LogP contribution in [0.4, 0.5) is 5.69 Å². The SMILES string of the molecule is CCc1nc(C(=O)Nc2c(Cl)ccc(Cl)c2C(=O)O)n[nH]1. The highest BCUT2D eigenvalue weighted by atomic mass is 35.5. The number of hydrogen-bond donors (Lipinski definition) is 3. The molecular formula is C12H10Cl2N4O3. The number of nitrogens with zero attached hydrogens (tertiary/aromatic N) is 2. The second-order valence-corrected chi connectivity index (χ2v) is 4.81. The van der Waals surface area contributed by atoms with Gasteiger partial charge in [-0.2, -0.15) is 0 Å². The van der Waals surface area contributed by atoms with Crippen molar-refractivity contribution >= 4 is 40.8 Å². The largest absolute Gasteiger partial charge is 0.478 e. The van der Waals surface area contributed by atoms with Gasteiger partial charge in [0, 0.05) is 6.42 Å². The number of aromatic amines is 1. The summed E-state index contributed by atoms with van der Waals surface area (Å²) in [4.78, 5) is 27.2. The summed E-state index contributed by atoms with van der Waals surface area (Å²) < 4.78 is 0. The molecule has 3 N–H and O–H groups in total. The first-order valence-electron chi connectivity index (χ1n) is 5.88. The number of benzene rings is 1. The summed E-state index contributed by atoms with van der Waals surface area (Å²) in [6, 6.07) is 2.73. The molecule has 21 heavy (non-hydrogen) atoms. The molecule has 0 unspecified atom stereocenters. The van der Waals surface area contributed by atoms with Gasteiger partial charge in [-0.15, -0.1) is 5.10 Å². The molecule has 0 bridgehead atoms. The predicted octanol–water partition coefficient (Wildman–Crippen LogP) is 2.62. The van der Waals surface area contributed by atoms with E-state index in [1.54, 1.807) is 0 Å². The average molecular weight is 329 g/mol. The molecule has 0 atom stereocenters. The summed E-state index contributed by atoms with van der Waals surface area (Å²) >= 11 is 11.7. The van der Waals surface area contributed by atoms with Crippen LogP contribution in [-0.2, 0) is 6.42 Å². The molecule has 1 aromatic carbocycles. The Morgan fingerprint density at radius 2 is 2.00 bits per heavy atom. The number of nitrogens with one attached hydrogen (secondary N) is 2. The van der Waals surface area contributed by atoms with Crippen LogP contribution in [0.5, 0.6) is 0 Å². The van der Waals surface area contributed by atoms with E-state index in [0.717, 1.165) is 0 Å². The molecule has 2 aromatic rings. The van der Waals surface area contributed by atoms with Crippen LogP contribution in [0.15, 0.2) is 12.1 Å². The van der Waals surface area contributed by atoms with Gasteiger partial charge in [-0.25, -0.2) is 9.78 Å². The van der Waals surface area contributed by atoms with Gasteiger partial charge in [-0.05, 0) is 12.1 Å². The zero-order valence-corrected chi connectivity index (χ0v) is 12.3. The van der Waals surface area contributed by atoms with E-state index in [1.165, 1.54) is 12.1 Å². The number of halogens is 2. The Bertz CT molecular complexity index is 715. The van der Waals surface area contributed by atoms with Crippen LogP contribution >= 0.6 is 23.2 Å². The van der Waals surface area contributed by atoms with Crippen molar-refractivity contribution in [3.05, 3.63) is 39.4 Å². The first kappa shape index (κ1) is 15.3. The Balaban J connectivity index is 2.37. The van der Waals surface area contributed by atoms with E-state index in [4.69, 9.17) is 28.3 Å². The lowest BCUT2D eigenvalue weighted by Crippen LogP contribution is -2.17. The van der Waals surface area contributed by atoms with Gasteiger partial charge in [0.05, 0.1) is 15.7 Å². The minimum Gasteiger partial charge on any atom is -0.478 e. The summed E-state index contributed by atoms with van der Waals surface area (Å²) in [7, 11) is 0. The van der Waals surface area contributed by atoms with E-state index >= 15 is 0 Å². The van der Waals surface area contributed by atoms with Gasteiger partial charge in [-0.3, -0.25) is 9.89 Å². The van der Waals surface area contributed by atoms with Crippen LogP contribution < -0.4 is 5.32 Å². The summed E-state index contributed by atoms with van der Waals surface area (Å²) in [6.45, 7) is 1.85. The minimum atomic E-state index is -1.30. The molecule has 110 valence electrons. The van der Waals surface area contributed by atoms with Gasteiger partial charge < -0.3 is 10.4 Å². The van der Waals surface area contributed by atoms with Crippen molar-refractivity contribution in [2.75, 3.05) is 5.32 Å². The lowest BCUT2D eigenvalue weighted by Gasteiger charge is -2.10. The van der Waals surface area contributed by atoms with Crippen LogP contribution in [0.25, 0.3) is 0 Å². The predicted molar refractivity (Wildman–Crippen MR) is 77.1 cm³/mol. The number of anilines is 1. The van der Waals surface area contributed by atoms with Crippen molar-refractivity contribution in [3.63, 3.8) is 0 Å². The number of carboxylic acid groups (broad SMARTS) is 1. The Morgan fingerprint density at radius 1 is 1.33 bits per heavy atom. The quantitative estimate of drug-likeness (QED) is 0.799. The van der Waals surface area contributed by atoms with Crippen LogP contribution in [0.1, 0.15) is 33.7 Å². The third-order valence-electron chi connectivity index (χ3n) is 2.63. The fraction of sp³-hybridized carbons (Fsp3) is 0.167. The molecule has 7 nitrogen and oxygen atoms in total. The Kier molecular flexibility index (Phi) is 4.44. The number of aromatic carboxylic acids is 1. The highest BCUT2D eigenvalue weighted by Crippen LogP contribution is 2.32. The number of carbonyl (C=O) groups excluding carboxylic acids is 1. The molecule has 9 heteroatoms. The van der Waals surface area contributed by atoms with Crippen molar-refractivity contribution in [2.24, 2.45) is 0 Å². The summed E-state index contributed by atoms with van der Waals surface area (Å²) in [5.41, 5.74) is -0.381. The van der Waals surface area contributed by atoms with Gasteiger partial charge in [0.2, 0.25) is 5.82 Å². The summed E-state index contributed by atoms with van der Waals surface area (Å²) in [5, 5.41) is 17.9. The maximum atomic E-state index is 12.0. The average Bonchev–Trinajstić information content (AvgIpc) is 2.91. The molecule has 1 aromatic heterocycles. The summed E-state index contributed by atoms with van der Waals surface area (Å²) in [6.07, 6.45) is 0.582. The molecule has 0 aliphatic heterocycles. The first-order valence-corrected chi connectivity index (χ1v) is 6.63. The van der Waals surface area contributed by atoms with Crippen molar-refractivity contribution in [1.82, 2.24) is 15.2 Å². The smallest absolute Gasteiger partial charge is 0.339 e. The van der Waals surface area contributed by atoms with Crippen molar-refractivity contribution in [2.45, 2.75) is 13.3 Å². The Hall–Kier alpha value is -2.12. The Morgan fingerprint density at radius 3 is 2.57 bits per heavy atom. The molecule has 0 aliphatic rings. The van der Waals surface area contributed by atoms with Crippen LogP contribution in [-0.4, -0.2) is 32.2 Å². The second-order valence-electron chi connectivity index (χ2n) is 4.00. The van der Waals surface area contributed by atoms with E-state index in [1.807, 2.05) is 6.92 Å². The van der Waals surface area contributed by atoms with E-state index in [0.29, 0.717) is 12.2 Å². The van der Waals surface area contributed by atoms with E-state index in [-0.39, 0.29) is 27.1 Å². The number of H-pyrrole nitrogens is 1. The number of carboxylic acids is 1. The maximum absolute atomic E-state index is 12.0. The minimum absolute atomic E-state index is 0.0357. The van der Waals surface area contributed by atoms with Crippen LogP contribution in [0, 0.1) is 0 Å². The zero-order chi connectivity index (χ0) is 15.6. The lowest BCUT2D eigenvalue weighted by atomic mass is 10.1. The number of hydrogen-bond acceptors (Lipinski definition) is 4. The first-order chi connectivity index (χ1) is 9.93. The van der Waals surface area contributed by atoms with Crippen molar-refractivity contribution in [1.29, 1.82) is 0 Å². The van der Waals surface area contributed by atoms with E-state index in [2.05, 4.69) is 20.5 Å². The fourth-order valence-corrected chi connectivity index (χ4v) is 2.05. The van der Waals surface area contributed by atoms with Crippen LogP contribution in [0.3, 0.4) is 0 Å². The zero-order valence-electron chi connectivity index (χ0n) is 10.8. The maximum Gasteiger partial charge on any atom is 0.339 e. The highest BCUT2D eigenvalue weighted by molar-refractivity contribution is 6.38. The molecule has 0 fully saturated rings. The number of aryl methyl sites for hydroxylation is 1.